The summed E-state index contributed by atoms with van der Waals surface area (Å²) in [5.41, 5.74) is 3.36. The topological polar surface area (TPSA) is 23.8 Å². The number of rotatable bonds is 2. The maximum absolute atomic E-state index is 8.70. The predicted octanol–water partition coefficient (Wildman–Crippen LogP) is 3.54. The van der Waals surface area contributed by atoms with Crippen LogP contribution in [0.25, 0.3) is 0 Å². The lowest BCUT2D eigenvalue weighted by Crippen LogP contribution is -2.14. The largest absolute Gasteiger partial charge is 0.207 e. The Hall–Kier alpha value is -0.710. The summed E-state index contributed by atoms with van der Waals surface area (Å²) in [7, 11) is 0. The second kappa shape index (κ2) is 4.21. The number of hydrogen-bond donors (Lipinski definition) is 0. The summed E-state index contributed by atoms with van der Waals surface area (Å²) in [4.78, 5) is 0. The fourth-order valence-corrected chi connectivity index (χ4v) is 1.57. The minimum absolute atomic E-state index is 0.361. The Morgan fingerprint density at radius 3 is 2.57 bits per heavy atom. The van der Waals surface area contributed by atoms with Crippen LogP contribution in [0.15, 0.2) is 18.2 Å². The molecule has 0 aliphatic carbocycles. The van der Waals surface area contributed by atoms with Crippen molar-refractivity contribution in [2.24, 2.45) is 0 Å². The van der Waals surface area contributed by atoms with Crippen molar-refractivity contribution < 1.29 is 0 Å². The van der Waals surface area contributed by atoms with Gasteiger partial charge in [-0.1, -0.05) is 41.4 Å². The predicted molar refractivity (Wildman–Crippen MR) is 59.7 cm³/mol. The summed E-state index contributed by atoms with van der Waals surface area (Å²) in [5.74, 6) is 0. The van der Waals surface area contributed by atoms with Crippen LogP contribution in [-0.4, -0.2) is 4.33 Å². The molecule has 0 spiro atoms. The van der Waals surface area contributed by atoms with E-state index < -0.39 is 4.33 Å². The Labute approximate surface area is 94.3 Å². The van der Waals surface area contributed by atoms with E-state index in [4.69, 9.17) is 28.5 Å². The molecule has 1 aromatic rings. The van der Waals surface area contributed by atoms with Gasteiger partial charge in [0.2, 0.25) is 4.33 Å². The van der Waals surface area contributed by atoms with Crippen LogP contribution in [0.4, 0.5) is 0 Å². The molecule has 0 N–H and O–H groups in total. The van der Waals surface area contributed by atoms with E-state index in [-0.39, 0.29) is 0 Å². The van der Waals surface area contributed by atoms with Crippen LogP contribution in [0.3, 0.4) is 0 Å². The van der Waals surface area contributed by atoms with Gasteiger partial charge in [0.05, 0.1) is 0 Å². The summed E-state index contributed by atoms with van der Waals surface area (Å²) < 4.78 is -1.32. The van der Waals surface area contributed by atoms with E-state index in [9.17, 15) is 0 Å². The number of aryl methyl sites for hydroxylation is 1. The summed E-state index contributed by atoms with van der Waals surface area (Å²) in [6.45, 7) is 4.03. The molecule has 0 heterocycles. The summed E-state index contributed by atoms with van der Waals surface area (Å²) in [6, 6.07) is 7.78. The highest BCUT2D eigenvalue weighted by Crippen LogP contribution is 2.27. The van der Waals surface area contributed by atoms with Gasteiger partial charge in [-0.3, -0.25) is 0 Å². The molecule has 0 unspecified atom stereocenters. The van der Waals surface area contributed by atoms with Gasteiger partial charge in [-0.05, 0) is 30.5 Å². The lowest BCUT2D eigenvalue weighted by molar-refractivity contribution is 0.932. The standard InChI is InChI=1S/C11H11Cl2N/c1-8-4-3-5-10(9(8)2)6-11(12,13)7-14/h3-5H,6H2,1-2H3. The molecule has 0 fully saturated rings. The van der Waals surface area contributed by atoms with Gasteiger partial charge in [-0.25, -0.2) is 0 Å². The smallest absolute Gasteiger partial charge is 0.195 e. The lowest BCUT2D eigenvalue weighted by Gasteiger charge is -2.13. The molecule has 0 saturated heterocycles. The van der Waals surface area contributed by atoms with Crippen molar-refractivity contribution in [2.45, 2.75) is 24.6 Å². The van der Waals surface area contributed by atoms with E-state index in [1.807, 2.05) is 38.1 Å². The zero-order valence-corrected chi connectivity index (χ0v) is 9.65. The number of nitriles is 1. The molecule has 0 aliphatic rings. The number of alkyl halides is 2. The van der Waals surface area contributed by atoms with Crippen molar-refractivity contribution in [1.29, 1.82) is 5.26 Å². The maximum Gasteiger partial charge on any atom is 0.207 e. The van der Waals surface area contributed by atoms with Crippen LogP contribution in [0.5, 0.6) is 0 Å². The van der Waals surface area contributed by atoms with Crippen LogP contribution < -0.4 is 0 Å². The van der Waals surface area contributed by atoms with Gasteiger partial charge in [-0.15, -0.1) is 0 Å². The van der Waals surface area contributed by atoms with Gasteiger partial charge >= 0.3 is 0 Å². The van der Waals surface area contributed by atoms with Crippen molar-refractivity contribution in [3.05, 3.63) is 34.9 Å². The molecule has 1 aromatic carbocycles. The van der Waals surface area contributed by atoms with E-state index in [0.29, 0.717) is 6.42 Å². The first kappa shape index (κ1) is 11.4. The maximum atomic E-state index is 8.70. The van der Waals surface area contributed by atoms with Crippen molar-refractivity contribution in [3.8, 4) is 6.07 Å². The fraction of sp³-hybridized carbons (Fsp3) is 0.364. The highest BCUT2D eigenvalue weighted by Gasteiger charge is 2.24. The molecule has 3 heteroatoms. The second-order valence-electron chi connectivity index (χ2n) is 3.35. The first-order valence-corrected chi connectivity index (χ1v) is 5.06. The molecule has 0 saturated carbocycles. The normalized spacial score (nSPS) is 11.1. The zero-order chi connectivity index (χ0) is 10.8. The summed E-state index contributed by atoms with van der Waals surface area (Å²) in [5, 5.41) is 8.70. The van der Waals surface area contributed by atoms with Crippen LogP contribution in [0, 0.1) is 25.2 Å². The van der Waals surface area contributed by atoms with E-state index in [2.05, 4.69) is 0 Å². The quantitative estimate of drug-likeness (QED) is 0.710. The molecule has 1 rings (SSSR count). The Morgan fingerprint density at radius 1 is 1.36 bits per heavy atom. The Balaban J connectivity index is 3.00. The van der Waals surface area contributed by atoms with Crippen LogP contribution in [0.1, 0.15) is 16.7 Å². The highest BCUT2D eigenvalue weighted by molar-refractivity contribution is 6.50. The number of nitrogens with zero attached hydrogens (tertiary/aromatic N) is 1. The van der Waals surface area contributed by atoms with E-state index in [0.717, 1.165) is 11.1 Å². The second-order valence-corrected chi connectivity index (χ2v) is 4.84. The Morgan fingerprint density at radius 2 is 2.00 bits per heavy atom. The van der Waals surface area contributed by atoms with Crippen LogP contribution in [-0.2, 0) is 6.42 Å². The van der Waals surface area contributed by atoms with E-state index in [1.54, 1.807) is 0 Å². The van der Waals surface area contributed by atoms with Crippen molar-refractivity contribution in [2.75, 3.05) is 0 Å². The van der Waals surface area contributed by atoms with E-state index in [1.165, 1.54) is 5.56 Å². The molecule has 74 valence electrons. The molecule has 1 nitrogen and oxygen atoms in total. The number of hydrogen-bond acceptors (Lipinski definition) is 1. The molecule has 0 aliphatic heterocycles. The van der Waals surface area contributed by atoms with Gasteiger partial charge in [0, 0.05) is 6.42 Å². The third-order valence-corrected chi connectivity index (χ3v) is 2.73. The fourth-order valence-electron chi connectivity index (χ4n) is 1.28. The molecule has 14 heavy (non-hydrogen) atoms. The summed E-state index contributed by atoms with van der Waals surface area (Å²) in [6.07, 6.45) is 0.361. The van der Waals surface area contributed by atoms with Gasteiger partial charge in [0.1, 0.15) is 6.07 Å². The molecule has 0 atom stereocenters. The Kier molecular flexibility index (Phi) is 3.42. The third kappa shape index (κ3) is 2.64. The minimum Gasteiger partial charge on any atom is -0.195 e. The first-order chi connectivity index (χ1) is 6.46. The molecular formula is C11H11Cl2N. The van der Waals surface area contributed by atoms with Crippen LogP contribution in [0.2, 0.25) is 0 Å². The number of halogens is 2. The average Bonchev–Trinajstić information content (AvgIpc) is 2.13. The average molecular weight is 228 g/mol. The minimum atomic E-state index is -1.32. The molecule has 0 amide bonds. The molecular weight excluding hydrogens is 217 g/mol. The van der Waals surface area contributed by atoms with Gasteiger partial charge in [0.15, 0.2) is 0 Å². The lowest BCUT2D eigenvalue weighted by atomic mass is 10.00. The zero-order valence-electron chi connectivity index (χ0n) is 8.14. The van der Waals surface area contributed by atoms with Gasteiger partial charge < -0.3 is 0 Å². The third-order valence-electron chi connectivity index (χ3n) is 2.29. The van der Waals surface area contributed by atoms with Crippen LogP contribution >= 0.6 is 23.2 Å². The molecule has 0 bridgehead atoms. The summed E-state index contributed by atoms with van der Waals surface area (Å²) >= 11 is 11.6. The van der Waals surface area contributed by atoms with E-state index >= 15 is 0 Å². The van der Waals surface area contributed by atoms with Gasteiger partial charge in [-0.2, -0.15) is 5.26 Å². The number of benzene rings is 1. The highest BCUT2D eigenvalue weighted by atomic mass is 35.5. The van der Waals surface area contributed by atoms with Crippen molar-refractivity contribution in [1.82, 2.24) is 0 Å². The molecule has 0 radical (unpaired) electrons. The Bertz CT molecular complexity index is 377. The SMILES string of the molecule is Cc1cccc(CC(Cl)(Cl)C#N)c1C. The first-order valence-electron chi connectivity index (χ1n) is 4.30. The molecule has 0 aromatic heterocycles. The van der Waals surface area contributed by atoms with Crippen molar-refractivity contribution >= 4 is 23.2 Å². The monoisotopic (exact) mass is 227 g/mol. The van der Waals surface area contributed by atoms with Crippen molar-refractivity contribution in [3.63, 3.8) is 0 Å². The van der Waals surface area contributed by atoms with Gasteiger partial charge in [0.25, 0.3) is 0 Å².